The zero-order valence-corrected chi connectivity index (χ0v) is 15.5. The van der Waals surface area contributed by atoms with Crippen molar-refractivity contribution in [1.29, 1.82) is 0 Å². The van der Waals surface area contributed by atoms with Crippen molar-refractivity contribution in [3.8, 4) is 6.07 Å². The highest BCUT2D eigenvalue weighted by molar-refractivity contribution is 7.99. The summed E-state index contributed by atoms with van der Waals surface area (Å²) in [6.07, 6.45) is 2.58. The van der Waals surface area contributed by atoms with Gasteiger partial charge in [0, 0.05) is 10.8 Å². The first-order valence-corrected chi connectivity index (χ1v) is 9.90. The second-order valence-electron chi connectivity index (χ2n) is 7.12. The van der Waals surface area contributed by atoms with Gasteiger partial charge in [0.25, 0.3) is 6.04 Å². The summed E-state index contributed by atoms with van der Waals surface area (Å²) >= 11 is 1.77. The number of benzene rings is 2. The summed E-state index contributed by atoms with van der Waals surface area (Å²) in [7, 11) is 0. The average Bonchev–Trinajstić information content (AvgIpc) is 2.64. The molecule has 3 aliphatic rings. The van der Waals surface area contributed by atoms with Crippen LogP contribution in [0.4, 0.5) is 0 Å². The molecule has 2 nitrogen and oxygen atoms in total. The standard InChI is InChI=1S/C22H24N2S/c1-16-6-8-20(9-7-16)25-21-5-3-4-18(14-21)15-23-22-17(2)24-12-10-19(22)11-13-24/h3-9,14,17,19,22H,1,10-13H2,2H3/t17-,22-/m0/s1. The van der Waals surface area contributed by atoms with E-state index in [1.165, 1.54) is 35.7 Å². The highest BCUT2D eigenvalue weighted by atomic mass is 32.2. The van der Waals surface area contributed by atoms with Crippen LogP contribution in [0.3, 0.4) is 0 Å². The second kappa shape index (κ2) is 7.15. The van der Waals surface area contributed by atoms with Gasteiger partial charge in [-0.05, 0) is 55.9 Å². The van der Waals surface area contributed by atoms with Gasteiger partial charge in [-0.25, -0.2) is 0 Å². The van der Waals surface area contributed by atoms with Crippen molar-refractivity contribution in [3.63, 3.8) is 0 Å². The summed E-state index contributed by atoms with van der Waals surface area (Å²) in [4.78, 5) is 9.90. The van der Waals surface area contributed by atoms with E-state index in [1.807, 2.05) is 0 Å². The van der Waals surface area contributed by atoms with Crippen LogP contribution >= 0.6 is 11.8 Å². The fourth-order valence-electron chi connectivity index (χ4n) is 3.96. The molecule has 0 amide bonds. The molecule has 3 heterocycles. The molecule has 2 atom stereocenters. The van der Waals surface area contributed by atoms with Crippen LogP contribution in [-0.4, -0.2) is 30.1 Å². The Morgan fingerprint density at radius 3 is 2.56 bits per heavy atom. The topological polar surface area (TPSA) is 7.60 Å². The Morgan fingerprint density at radius 2 is 1.84 bits per heavy atom. The molecule has 0 saturated carbocycles. The molecule has 0 spiro atoms. The zero-order chi connectivity index (χ0) is 17.2. The molecule has 3 aliphatic heterocycles. The molecule has 0 radical (unpaired) electrons. The van der Waals surface area contributed by atoms with Gasteiger partial charge in [0.15, 0.2) is 0 Å². The first-order chi connectivity index (χ1) is 12.2. The third kappa shape index (κ3) is 3.71. The van der Waals surface area contributed by atoms with Gasteiger partial charge in [-0.2, -0.15) is 24.6 Å². The number of fused-ring (bicyclic) bond motifs is 3. The molecule has 3 heteroatoms. The maximum absolute atomic E-state index is 4.87. The lowest BCUT2D eigenvalue weighted by atomic mass is 9.80. The van der Waals surface area contributed by atoms with Gasteiger partial charge in [-0.1, -0.05) is 22.7 Å². The van der Waals surface area contributed by atoms with Crippen molar-refractivity contribution in [2.75, 3.05) is 13.1 Å². The number of hydrogen-bond acceptors (Lipinski definition) is 2. The predicted octanol–water partition coefficient (Wildman–Crippen LogP) is 5.18. The Kier molecular flexibility index (Phi) is 4.74. The molecule has 3 saturated heterocycles. The van der Waals surface area contributed by atoms with E-state index < -0.39 is 0 Å². The van der Waals surface area contributed by atoms with Gasteiger partial charge in [0.2, 0.25) is 0 Å². The molecule has 0 aromatic heterocycles. The van der Waals surface area contributed by atoms with E-state index in [9.17, 15) is 0 Å². The molecule has 3 fully saturated rings. The predicted molar refractivity (Wildman–Crippen MR) is 105 cm³/mol. The summed E-state index contributed by atoms with van der Waals surface area (Å²) in [6, 6.07) is 21.1. The number of rotatable bonds is 2. The van der Waals surface area contributed by atoms with Gasteiger partial charge >= 0.3 is 6.07 Å². The van der Waals surface area contributed by atoms with E-state index in [0.29, 0.717) is 12.1 Å². The van der Waals surface area contributed by atoms with Crippen LogP contribution < -0.4 is 0 Å². The van der Waals surface area contributed by atoms with E-state index in [2.05, 4.69) is 73.3 Å². The van der Waals surface area contributed by atoms with Gasteiger partial charge in [-0.15, -0.1) is 12.1 Å². The van der Waals surface area contributed by atoms with E-state index in [-0.39, 0.29) is 0 Å². The van der Waals surface area contributed by atoms with Crippen LogP contribution in [0.15, 0.2) is 58.3 Å². The van der Waals surface area contributed by atoms with Crippen molar-refractivity contribution in [2.45, 2.75) is 41.6 Å². The SMILES string of the molecule is [CH2-]c1ccc(Sc2cccc(C#[N+][C@@H]3C4CCN(CC4)[C@H]3C)c2)cc1. The minimum atomic E-state index is 0.406. The zero-order valence-electron chi connectivity index (χ0n) is 14.7. The summed E-state index contributed by atoms with van der Waals surface area (Å²) < 4.78 is 0. The Hall–Kier alpha value is -1.89. The van der Waals surface area contributed by atoms with E-state index in [4.69, 9.17) is 4.85 Å². The lowest BCUT2D eigenvalue weighted by Crippen LogP contribution is -2.55. The molecular formula is C22H24N2S. The van der Waals surface area contributed by atoms with E-state index in [1.54, 1.807) is 11.8 Å². The maximum Gasteiger partial charge on any atom is 0.311 e. The van der Waals surface area contributed by atoms with Crippen LogP contribution in [0.5, 0.6) is 0 Å². The van der Waals surface area contributed by atoms with E-state index in [0.717, 1.165) is 17.0 Å². The number of piperidine rings is 3. The molecule has 2 bridgehead atoms. The van der Waals surface area contributed by atoms with Crippen molar-refractivity contribution in [3.05, 3.63) is 71.4 Å². The van der Waals surface area contributed by atoms with Crippen molar-refractivity contribution < 1.29 is 0 Å². The molecule has 0 aliphatic carbocycles. The average molecular weight is 349 g/mol. The smallest absolute Gasteiger partial charge is 0.293 e. The highest BCUT2D eigenvalue weighted by Gasteiger charge is 2.46. The Balaban J connectivity index is 1.50. The van der Waals surface area contributed by atoms with Gasteiger partial charge in [0.05, 0.1) is 6.04 Å². The fraction of sp³-hybridized carbons (Fsp3) is 0.364. The van der Waals surface area contributed by atoms with Gasteiger partial charge in [0.1, 0.15) is 5.56 Å². The minimum absolute atomic E-state index is 0.406. The first-order valence-electron chi connectivity index (χ1n) is 9.09. The fourth-order valence-corrected chi connectivity index (χ4v) is 4.84. The van der Waals surface area contributed by atoms with Crippen molar-refractivity contribution in [1.82, 2.24) is 4.90 Å². The van der Waals surface area contributed by atoms with Crippen LogP contribution in [0.2, 0.25) is 0 Å². The second-order valence-corrected chi connectivity index (χ2v) is 8.27. The summed E-state index contributed by atoms with van der Waals surface area (Å²) in [5.74, 6) is 0.742. The minimum Gasteiger partial charge on any atom is -0.293 e. The van der Waals surface area contributed by atoms with Crippen LogP contribution in [0.1, 0.15) is 30.9 Å². The molecule has 2 aromatic carbocycles. The first kappa shape index (κ1) is 16.6. The quantitative estimate of drug-likeness (QED) is 0.690. The highest BCUT2D eigenvalue weighted by Crippen LogP contribution is 2.34. The van der Waals surface area contributed by atoms with Gasteiger partial charge in [-0.3, -0.25) is 4.90 Å². The molecular weight excluding hydrogens is 324 g/mol. The van der Waals surface area contributed by atoms with Crippen LogP contribution in [0.25, 0.3) is 4.85 Å². The molecule has 25 heavy (non-hydrogen) atoms. The molecule has 0 unspecified atom stereocenters. The monoisotopic (exact) mass is 348 g/mol. The third-order valence-corrected chi connectivity index (χ3v) is 6.46. The maximum atomic E-state index is 4.87. The summed E-state index contributed by atoms with van der Waals surface area (Å²) in [5, 5.41) is 0. The largest absolute Gasteiger partial charge is 0.311 e. The van der Waals surface area contributed by atoms with Crippen molar-refractivity contribution in [2.24, 2.45) is 5.92 Å². The van der Waals surface area contributed by atoms with Crippen molar-refractivity contribution >= 4 is 11.8 Å². The van der Waals surface area contributed by atoms with Gasteiger partial charge < -0.3 is 0 Å². The molecule has 128 valence electrons. The lowest BCUT2D eigenvalue weighted by molar-refractivity contribution is 0.0519. The lowest BCUT2D eigenvalue weighted by Gasteiger charge is -2.42. The number of nitrogens with zero attached hydrogens (tertiary/aromatic N) is 2. The summed E-state index contributed by atoms with van der Waals surface area (Å²) in [6.45, 7) is 8.75. The Morgan fingerprint density at radius 1 is 1.08 bits per heavy atom. The van der Waals surface area contributed by atoms with Crippen LogP contribution in [-0.2, 0) is 0 Å². The molecule has 5 rings (SSSR count). The third-order valence-electron chi connectivity index (χ3n) is 5.46. The molecule has 0 N–H and O–H groups in total. The van der Waals surface area contributed by atoms with Crippen LogP contribution in [0, 0.1) is 18.9 Å². The Labute approximate surface area is 155 Å². The number of hydrogen-bond donors (Lipinski definition) is 0. The summed E-state index contributed by atoms with van der Waals surface area (Å²) in [5.41, 5.74) is 2.12. The Bertz CT molecular complexity index is 793. The van der Waals surface area contributed by atoms with E-state index >= 15 is 0 Å². The normalized spacial score (nSPS) is 27.6. The molecule has 2 aromatic rings.